The van der Waals surface area contributed by atoms with Gasteiger partial charge >= 0.3 is 0 Å². The van der Waals surface area contributed by atoms with Crippen molar-refractivity contribution in [3.05, 3.63) is 23.1 Å². The van der Waals surface area contributed by atoms with Crippen molar-refractivity contribution in [2.75, 3.05) is 26.2 Å². The number of aromatic nitrogens is 1. The first-order valence-corrected chi connectivity index (χ1v) is 5.71. The zero-order valence-electron chi connectivity index (χ0n) is 9.54. The summed E-state index contributed by atoms with van der Waals surface area (Å²) in [6.45, 7) is 7.24. The Morgan fingerprint density at radius 1 is 1.44 bits per heavy atom. The predicted octanol–water partition coefficient (Wildman–Crippen LogP) is 2.59. The number of nitrogens with zero attached hydrogens (tertiary/aromatic N) is 2. The summed E-state index contributed by atoms with van der Waals surface area (Å²) in [5.74, 6) is -0.511. The Hall–Kier alpha value is -0.870. The highest BCUT2D eigenvalue weighted by atomic mass is 35.5. The van der Waals surface area contributed by atoms with Crippen LogP contribution in [-0.2, 0) is 0 Å². The van der Waals surface area contributed by atoms with Crippen LogP contribution in [0, 0.1) is 5.82 Å². The van der Waals surface area contributed by atoms with E-state index >= 15 is 0 Å². The Kier molecular flexibility index (Phi) is 5.49. The number of ether oxygens (including phenoxy) is 1. The maximum atomic E-state index is 13.3. The molecule has 1 aromatic heterocycles. The molecule has 0 fully saturated rings. The summed E-state index contributed by atoms with van der Waals surface area (Å²) in [5.41, 5.74) is 0. The number of pyridine rings is 1. The van der Waals surface area contributed by atoms with Crippen LogP contribution in [0.3, 0.4) is 0 Å². The molecule has 0 aliphatic rings. The van der Waals surface area contributed by atoms with Crippen molar-refractivity contribution in [2.45, 2.75) is 13.8 Å². The molecular weight excluding hydrogens is 231 g/mol. The summed E-state index contributed by atoms with van der Waals surface area (Å²) in [4.78, 5) is 5.97. The highest BCUT2D eigenvalue weighted by Crippen LogP contribution is 2.17. The van der Waals surface area contributed by atoms with Crippen molar-refractivity contribution >= 4 is 11.6 Å². The minimum atomic E-state index is -0.521. The highest BCUT2D eigenvalue weighted by Gasteiger charge is 2.06. The largest absolute Gasteiger partial charge is 0.474 e. The van der Waals surface area contributed by atoms with E-state index in [2.05, 4.69) is 23.7 Å². The van der Waals surface area contributed by atoms with E-state index in [4.69, 9.17) is 16.3 Å². The first-order chi connectivity index (χ1) is 7.67. The fourth-order valence-corrected chi connectivity index (χ4v) is 1.46. The minimum Gasteiger partial charge on any atom is -0.474 e. The van der Waals surface area contributed by atoms with Gasteiger partial charge in [-0.1, -0.05) is 25.4 Å². The molecule has 0 unspecified atom stereocenters. The lowest BCUT2D eigenvalue weighted by Gasteiger charge is -2.17. The van der Waals surface area contributed by atoms with Crippen molar-refractivity contribution in [3.63, 3.8) is 0 Å². The molecule has 0 N–H and O–H groups in total. The van der Waals surface area contributed by atoms with E-state index in [1.165, 1.54) is 12.3 Å². The number of hydrogen-bond acceptors (Lipinski definition) is 3. The molecule has 0 saturated heterocycles. The van der Waals surface area contributed by atoms with Gasteiger partial charge in [-0.05, 0) is 19.2 Å². The number of hydrogen-bond donors (Lipinski definition) is 0. The molecule has 5 heteroatoms. The number of rotatable bonds is 6. The lowest BCUT2D eigenvalue weighted by molar-refractivity contribution is 0.212. The fourth-order valence-electron chi connectivity index (χ4n) is 1.32. The molecule has 0 spiro atoms. The summed E-state index contributed by atoms with van der Waals surface area (Å²) in [5, 5.41) is 0.272. The van der Waals surface area contributed by atoms with Crippen LogP contribution in [-0.4, -0.2) is 36.1 Å². The van der Waals surface area contributed by atoms with Gasteiger partial charge < -0.3 is 9.64 Å². The normalized spacial score (nSPS) is 10.8. The van der Waals surface area contributed by atoms with Crippen LogP contribution in [0.4, 0.5) is 4.39 Å². The Morgan fingerprint density at radius 2 is 2.12 bits per heavy atom. The second-order valence-corrected chi connectivity index (χ2v) is 3.75. The first kappa shape index (κ1) is 13.2. The molecular formula is C11H16ClFN2O. The third kappa shape index (κ3) is 3.94. The van der Waals surface area contributed by atoms with Crippen LogP contribution in [0.2, 0.25) is 5.02 Å². The Balaban J connectivity index is 2.42. The van der Waals surface area contributed by atoms with E-state index in [1.54, 1.807) is 0 Å². The Bertz CT molecular complexity index is 332. The first-order valence-electron chi connectivity index (χ1n) is 5.33. The van der Waals surface area contributed by atoms with Gasteiger partial charge in [0.05, 0.1) is 5.02 Å². The van der Waals surface area contributed by atoms with E-state index in [-0.39, 0.29) is 10.9 Å². The molecule has 3 nitrogen and oxygen atoms in total. The second-order valence-electron chi connectivity index (χ2n) is 3.32. The van der Waals surface area contributed by atoms with Crippen molar-refractivity contribution in [1.29, 1.82) is 0 Å². The van der Waals surface area contributed by atoms with E-state index in [0.29, 0.717) is 6.61 Å². The summed E-state index contributed by atoms with van der Waals surface area (Å²) in [7, 11) is 0. The standard InChI is InChI=1S/C11H16ClFN2O/c1-3-15(4-2)5-6-16-11-10(13)7-9(12)8-14-11/h7-8H,3-6H2,1-2H3. The molecule has 1 rings (SSSR count). The minimum absolute atomic E-state index is 0.0107. The lowest BCUT2D eigenvalue weighted by Crippen LogP contribution is -2.28. The zero-order chi connectivity index (χ0) is 12.0. The molecule has 0 atom stereocenters. The fraction of sp³-hybridized carbons (Fsp3) is 0.545. The van der Waals surface area contributed by atoms with E-state index < -0.39 is 5.82 Å². The molecule has 16 heavy (non-hydrogen) atoms. The lowest BCUT2D eigenvalue weighted by atomic mass is 10.4. The SMILES string of the molecule is CCN(CC)CCOc1ncc(Cl)cc1F. The van der Waals surface area contributed by atoms with Crippen LogP contribution in [0.1, 0.15) is 13.8 Å². The highest BCUT2D eigenvalue weighted by molar-refractivity contribution is 6.30. The smallest absolute Gasteiger partial charge is 0.250 e. The van der Waals surface area contributed by atoms with Crippen LogP contribution in [0.15, 0.2) is 12.3 Å². The quantitative estimate of drug-likeness (QED) is 0.772. The molecule has 1 heterocycles. The van der Waals surface area contributed by atoms with Crippen LogP contribution in [0.5, 0.6) is 5.88 Å². The molecule has 0 aromatic carbocycles. The number of likely N-dealkylation sites (N-methyl/N-ethyl adjacent to an activating group) is 1. The summed E-state index contributed by atoms with van der Waals surface area (Å²) < 4.78 is 18.5. The maximum Gasteiger partial charge on any atom is 0.250 e. The monoisotopic (exact) mass is 246 g/mol. The van der Waals surface area contributed by atoms with Gasteiger partial charge in [-0.2, -0.15) is 0 Å². The Labute approximate surface area is 100 Å². The molecule has 0 aliphatic heterocycles. The molecule has 0 aliphatic carbocycles. The average molecular weight is 247 g/mol. The molecule has 0 saturated carbocycles. The second kappa shape index (κ2) is 6.66. The van der Waals surface area contributed by atoms with E-state index in [1.807, 2.05) is 0 Å². The van der Waals surface area contributed by atoms with Crippen LogP contribution in [0.25, 0.3) is 0 Å². The van der Waals surface area contributed by atoms with Gasteiger partial charge in [0.15, 0.2) is 5.82 Å². The molecule has 0 bridgehead atoms. The predicted molar refractivity (Wildman–Crippen MR) is 62.5 cm³/mol. The third-order valence-electron chi connectivity index (χ3n) is 2.31. The summed E-state index contributed by atoms with van der Waals surface area (Å²) in [6, 6.07) is 1.20. The summed E-state index contributed by atoms with van der Waals surface area (Å²) in [6.07, 6.45) is 1.37. The van der Waals surface area contributed by atoms with E-state index in [0.717, 1.165) is 19.6 Å². The molecule has 90 valence electrons. The van der Waals surface area contributed by atoms with Crippen molar-refractivity contribution in [2.24, 2.45) is 0 Å². The molecule has 1 aromatic rings. The molecule has 0 amide bonds. The molecule has 0 radical (unpaired) electrons. The summed E-state index contributed by atoms with van der Waals surface area (Å²) >= 11 is 5.58. The van der Waals surface area contributed by atoms with Crippen LogP contribution < -0.4 is 4.74 Å². The van der Waals surface area contributed by atoms with E-state index in [9.17, 15) is 4.39 Å². The van der Waals surface area contributed by atoms with Gasteiger partial charge in [0.25, 0.3) is 5.88 Å². The van der Waals surface area contributed by atoms with Crippen LogP contribution >= 0.6 is 11.6 Å². The van der Waals surface area contributed by atoms with Crippen molar-refractivity contribution in [3.8, 4) is 5.88 Å². The van der Waals surface area contributed by atoms with Crippen molar-refractivity contribution in [1.82, 2.24) is 9.88 Å². The van der Waals surface area contributed by atoms with Gasteiger partial charge in [-0.15, -0.1) is 0 Å². The Morgan fingerprint density at radius 3 is 2.69 bits per heavy atom. The maximum absolute atomic E-state index is 13.3. The third-order valence-corrected chi connectivity index (χ3v) is 2.52. The average Bonchev–Trinajstić information content (AvgIpc) is 2.27. The topological polar surface area (TPSA) is 25.4 Å². The van der Waals surface area contributed by atoms with Gasteiger partial charge in [0.1, 0.15) is 6.61 Å². The van der Waals surface area contributed by atoms with Gasteiger partial charge in [-0.25, -0.2) is 9.37 Å². The van der Waals surface area contributed by atoms with Gasteiger partial charge in [0, 0.05) is 12.7 Å². The van der Waals surface area contributed by atoms with Gasteiger partial charge in [-0.3, -0.25) is 0 Å². The zero-order valence-corrected chi connectivity index (χ0v) is 10.3. The van der Waals surface area contributed by atoms with Crippen molar-refractivity contribution < 1.29 is 9.13 Å². The number of halogens is 2. The van der Waals surface area contributed by atoms with Gasteiger partial charge in [0.2, 0.25) is 0 Å².